The highest BCUT2D eigenvalue weighted by Gasteiger charge is 2.22. The Labute approximate surface area is 106 Å². The van der Waals surface area contributed by atoms with Crippen molar-refractivity contribution in [1.29, 1.82) is 0 Å². The van der Waals surface area contributed by atoms with Crippen molar-refractivity contribution in [1.82, 2.24) is 5.16 Å². The standard InChI is InChI=1S/C12H10BrNO3/c1-2-9-10(12(15)16)11(17-14-9)7-3-5-8(13)6-4-7/h3-6H,2H2,1H3,(H,15,16). The van der Waals surface area contributed by atoms with Crippen molar-refractivity contribution in [2.24, 2.45) is 0 Å². The number of benzene rings is 1. The summed E-state index contributed by atoms with van der Waals surface area (Å²) in [5.41, 5.74) is 1.32. The third-order valence-electron chi connectivity index (χ3n) is 2.42. The molecule has 5 heteroatoms. The van der Waals surface area contributed by atoms with E-state index in [-0.39, 0.29) is 5.56 Å². The molecule has 4 nitrogen and oxygen atoms in total. The van der Waals surface area contributed by atoms with Crippen LogP contribution in [0.3, 0.4) is 0 Å². The fraction of sp³-hybridized carbons (Fsp3) is 0.167. The Morgan fingerprint density at radius 3 is 2.59 bits per heavy atom. The molecule has 1 N–H and O–H groups in total. The van der Waals surface area contributed by atoms with Crippen LogP contribution in [0.15, 0.2) is 33.3 Å². The van der Waals surface area contributed by atoms with Crippen molar-refractivity contribution >= 4 is 21.9 Å². The lowest BCUT2D eigenvalue weighted by Crippen LogP contribution is -2.01. The van der Waals surface area contributed by atoms with Crippen LogP contribution < -0.4 is 0 Å². The monoisotopic (exact) mass is 295 g/mol. The van der Waals surface area contributed by atoms with E-state index in [1.165, 1.54) is 0 Å². The summed E-state index contributed by atoms with van der Waals surface area (Å²) < 4.78 is 6.05. The molecule has 0 fully saturated rings. The first-order valence-corrected chi connectivity index (χ1v) is 5.90. The van der Waals surface area contributed by atoms with Gasteiger partial charge in [-0.05, 0) is 30.7 Å². The van der Waals surface area contributed by atoms with E-state index in [4.69, 9.17) is 4.52 Å². The van der Waals surface area contributed by atoms with Crippen molar-refractivity contribution in [2.75, 3.05) is 0 Å². The lowest BCUT2D eigenvalue weighted by Gasteiger charge is -1.98. The normalized spacial score (nSPS) is 10.5. The molecule has 1 heterocycles. The number of nitrogens with zero attached hydrogens (tertiary/aromatic N) is 1. The average molecular weight is 296 g/mol. The van der Waals surface area contributed by atoms with Gasteiger partial charge in [0, 0.05) is 10.0 Å². The van der Waals surface area contributed by atoms with Crippen molar-refractivity contribution < 1.29 is 14.4 Å². The minimum atomic E-state index is -1.01. The molecule has 1 aromatic carbocycles. The maximum absolute atomic E-state index is 11.2. The first-order chi connectivity index (χ1) is 8.13. The fourth-order valence-corrected chi connectivity index (χ4v) is 1.85. The van der Waals surface area contributed by atoms with Gasteiger partial charge in [0.1, 0.15) is 5.56 Å². The summed E-state index contributed by atoms with van der Waals surface area (Å²) in [4.78, 5) is 11.2. The third-order valence-corrected chi connectivity index (χ3v) is 2.95. The molecule has 17 heavy (non-hydrogen) atoms. The highest BCUT2D eigenvalue weighted by molar-refractivity contribution is 9.10. The molecule has 0 atom stereocenters. The Balaban J connectivity index is 2.55. The van der Waals surface area contributed by atoms with Gasteiger partial charge < -0.3 is 9.63 Å². The van der Waals surface area contributed by atoms with Crippen molar-refractivity contribution in [3.8, 4) is 11.3 Å². The van der Waals surface area contributed by atoms with Crippen molar-refractivity contribution in [3.05, 3.63) is 40.0 Å². The first kappa shape index (κ1) is 11.9. The Kier molecular flexibility index (Phi) is 3.28. The summed E-state index contributed by atoms with van der Waals surface area (Å²) in [6, 6.07) is 7.23. The third kappa shape index (κ3) is 2.24. The second-order valence-electron chi connectivity index (χ2n) is 3.50. The highest BCUT2D eigenvalue weighted by atomic mass is 79.9. The number of carbonyl (C=O) groups is 1. The minimum Gasteiger partial charge on any atom is -0.477 e. The number of hydrogen-bond acceptors (Lipinski definition) is 3. The van der Waals surface area contributed by atoms with Crippen LogP contribution in [0, 0.1) is 0 Å². The quantitative estimate of drug-likeness (QED) is 0.943. The SMILES string of the molecule is CCc1noc(-c2ccc(Br)cc2)c1C(=O)O. The zero-order valence-corrected chi connectivity index (χ0v) is 10.7. The molecule has 0 aliphatic rings. The molecule has 0 unspecified atom stereocenters. The van der Waals surface area contributed by atoms with Crippen molar-refractivity contribution in [3.63, 3.8) is 0 Å². The zero-order valence-electron chi connectivity index (χ0n) is 9.11. The Morgan fingerprint density at radius 1 is 1.41 bits per heavy atom. The number of carboxylic acids is 1. The van der Waals surface area contributed by atoms with E-state index in [2.05, 4.69) is 21.1 Å². The van der Waals surface area contributed by atoms with Crippen LogP contribution in [0.4, 0.5) is 0 Å². The Bertz CT molecular complexity index is 545. The highest BCUT2D eigenvalue weighted by Crippen LogP contribution is 2.27. The van der Waals surface area contributed by atoms with Gasteiger partial charge >= 0.3 is 5.97 Å². The summed E-state index contributed by atoms with van der Waals surface area (Å²) in [5.74, 6) is -0.706. The number of carboxylic acid groups (broad SMARTS) is 1. The minimum absolute atomic E-state index is 0.148. The zero-order chi connectivity index (χ0) is 12.4. The fourth-order valence-electron chi connectivity index (χ4n) is 1.58. The summed E-state index contributed by atoms with van der Waals surface area (Å²) in [7, 11) is 0. The molecule has 0 aliphatic carbocycles. The predicted molar refractivity (Wildman–Crippen MR) is 66.0 cm³/mol. The van der Waals surface area contributed by atoms with Gasteiger partial charge in [0.2, 0.25) is 0 Å². The van der Waals surface area contributed by atoms with E-state index in [1.807, 2.05) is 19.1 Å². The van der Waals surface area contributed by atoms with Crippen molar-refractivity contribution in [2.45, 2.75) is 13.3 Å². The molecule has 88 valence electrons. The molecule has 0 amide bonds. The van der Waals surface area contributed by atoms with Crippen LogP contribution >= 0.6 is 15.9 Å². The molecule has 0 radical (unpaired) electrons. The van der Waals surface area contributed by atoms with Gasteiger partial charge in [-0.1, -0.05) is 28.0 Å². The molecule has 0 bridgehead atoms. The number of rotatable bonds is 3. The number of aromatic carboxylic acids is 1. The molecule has 0 spiro atoms. The van der Waals surface area contributed by atoms with E-state index in [1.54, 1.807) is 12.1 Å². The molecular formula is C12H10BrNO3. The summed E-state index contributed by atoms with van der Waals surface area (Å²) in [6.07, 6.45) is 0.529. The predicted octanol–water partition coefficient (Wildman–Crippen LogP) is 3.36. The number of aryl methyl sites for hydroxylation is 1. The second kappa shape index (κ2) is 4.71. The van der Waals surface area contributed by atoms with Gasteiger partial charge in [-0.3, -0.25) is 0 Å². The van der Waals surface area contributed by atoms with E-state index >= 15 is 0 Å². The van der Waals surface area contributed by atoms with E-state index in [0.717, 1.165) is 4.47 Å². The van der Waals surface area contributed by atoms with Crippen LogP contribution in [0.2, 0.25) is 0 Å². The molecule has 2 aromatic rings. The van der Waals surface area contributed by atoms with Gasteiger partial charge in [0.15, 0.2) is 5.76 Å². The second-order valence-corrected chi connectivity index (χ2v) is 4.41. The van der Waals surface area contributed by atoms with Crippen LogP contribution in [-0.4, -0.2) is 16.2 Å². The maximum atomic E-state index is 11.2. The van der Waals surface area contributed by atoms with Gasteiger partial charge in [-0.15, -0.1) is 0 Å². The molecular weight excluding hydrogens is 286 g/mol. The summed E-state index contributed by atoms with van der Waals surface area (Å²) in [6.45, 7) is 1.84. The van der Waals surface area contributed by atoms with Gasteiger partial charge in [-0.25, -0.2) is 4.79 Å². The van der Waals surface area contributed by atoms with Gasteiger partial charge in [0.05, 0.1) is 5.69 Å². The topological polar surface area (TPSA) is 63.3 Å². The lowest BCUT2D eigenvalue weighted by atomic mass is 10.1. The number of aromatic nitrogens is 1. The maximum Gasteiger partial charge on any atom is 0.341 e. The van der Waals surface area contributed by atoms with Crippen LogP contribution in [0.25, 0.3) is 11.3 Å². The van der Waals surface area contributed by atoms with Gasteiger partial charge in [-0.2, -0.15) is 0 Å². The first-order valence-electron chi connectivity index (χ1n) is 5.11. The molecule has 2 rings (SSSR count). The van der Waals surface area contributed by atoms with Crippen LogP contribution in [0.5, 0.6) is 0 Å². The summed E-state index contributed by atoms with van der Waals surface area (Å²) in [5, 5.41) is 13.0. The van der Waals surface area contributed by atoms with E-state index in [9.17, 15) is 9.90 Å². The smallest absolute Gasteiger partial charge is 0.341 e. The Morgan fingerprint density at radius 2 is 2.06 bits per heavy atom. The van der Waals surface area contributed by atoms with Gasteiger partial charge in [0.25, 0.3) is 0 Å². The number of halogens is 1. The molecule has 0 saturated heterocycles. The largest absolute Gasteiger partial charge is 0.477 e. The average Bonchev–Trinajstić information content (AvgIpc) is 2.73. The van der Waals surface area contributed by atoms with Crippen LogP contribution in [-0.2, 0) is 6.42 Å². The van der Waals surface area contributed by atoms with Crippen LogP contribution in [0.1, 0.15) is 23.0 Å². The Hall–Kier alpha value is -1.62. The van der Waals surface area contributed by atoms with E-state index in [0.29, 0.717) is 23.4 Å². The number of hydrogen-bond donors (Lipinski definition) is 1. The van der Waals surface area contributed by atoms with E-state index < -0.39 is 5.97 Å². The summed E-state index contributed by atoms with van der Waals surface area (Å²) >= 11 is 3.32. The molecule has 0 saturated carbocycles. The molecule has 1 aromatic heterocycles. The lowest BCUT2D eigenvalue weighted by molar-refractivity contribution is 0.0696. The molecule has 0 aliphatic heterocycles.